The summed E-state index contributed by atoms with van der Waals surface area (Å²) in [6, 6.07) is 5.45. The molecule has 0 bridgehead atoms. The molecule has 0 atom stereocenters. The van der Waals surface area contributed by atoms with Crippen molar-refractivity contribution in [1.29, 1.82) is 0 Å². The first-order valence-corrected chi connectivity index (χ1v) is 5.71. The third kappa shape index (κ3) is 2.12. The van der Waals surface area contributed by atoms with Crippen molar-refractivity contribution in [1.82, 2.24) is 4.98 Å². The summed E-state index contributed by atoms with van der Waals surface area (Å²) < 4.78 is 10.4. The summed E-state index contributed by atoms with van der Waals surface area (Å²) in [5.74, 6) is 1.40. The van der Waals surface area contributed by atoms with Crippen molar-refractivity contribution in [3.8, 4) is 22.8 Å². The third-order valence-corrected chi connectivity index (χ3v) is 3.05. The quantitative estimate of drug-likeness (QED) is 0.871. The highest BCUT2D eigenvalue weighted by Crippen LogP contribution is 2.38. The standard InChI is InChI=1S/C11H13N3O2S/c1-15-6-3-4-8(16-2)7(5-6)9-10(12)17-11(13)14-9/h3-5H,12H2,1-2H3,(H2,13,14). The van der Waals surface area contributed by atoms with Crippen molar-refractivity contribution in [2.75, 3.05) is 25.7 Å². The van der Waals surface area contributed by atoms with E-state index in [1.807, 2.05) is 18.2 Å². The second-order valence-corrected chi connectivity index (χ2v) is 4.39. The highest BCUT2D eigenvalue weighted by molar-refractivity contribution is 7.19. The largest absolute Gasteiger partial charge is 0.497 e. The summed E-state index contributed by atoms with van der Waals surface area (Å²) in [6.07, 6.45) is 0. The number of hydrogen-bond donors (Lipinski definition) is 2. The second-order valence-electron chi connectivity index (χ2n) is 3.33. The molecule has 4 N–H and O–H groups in total. The van der Waals surface area contributed by atoms with Gasteiger partial charge in [-0.1, -0.05) is 11.3 Å². The first kappa shape index (κ1) is 11.5. The van der Waals surface area contributed by atoms with E-state index in [0.29, 0.717) is 27.3 Å². The van der Waals surface area contributed by atoms with Gasteiger partial charge in [-0.2, -0.15) is 0 Å². The van der Waals surface area contributed by atoms with Crippen molar-refractivity contribution >= 4 is 21.5 Å². The molecule has 6 heteroatoms. The number of aromatic nitrogens is 1. The zero-order chi connectivity index (χ0) is 12.4. The lowest BCUT2D eigenvalue weighted by atomic mass is 10.1. The van der Waals surface area contributed by atoms with Crippen LogP contribution in [0.3, 0.4) is 0 Å². The molecule has 0 saturated carbocycles. The number of anilines is 2. The maximum atomic E-state index is 5.87. The first-order chi connectivity index (χ1) is 8.15. The number of rotatable bonds is 3. The fourth-order valence-electron chi connectivity index (χ4n) is 1.54. The molecule has 1 aromatic carbocycles. The van der Waals surface area contributed by atoms with Gasteiger partial charge in [0.05, 0.1) is 14.2 Å². The predicted octanol–water partition coefficient (Wildman–Crippen LogP) is 1.99. The molecule has 0 fully saturated rings. The lowest BCUT2D eigenvalue weighted by molar-refractivity contribution is 0.404. The summed E-state index contributed by atoms with van der Waals surface area (Å²) in [5, 5.41) is 0.997. The normalized spacial score (nSPS) is 10.2. The van der Waals surface area contributed by atoms with Crippen LogP contribution in [0.4, 0.5) is 10.1 Å². The fraction of sp³-hybridized carbons (Fsp3) is 0.182. The third-order valence-electron chi connectivity index (χ3n) is 2.33. The zero-order valence-electron chi connectivity index (χ0n) is 9.56. The van der Waals surface area contributed by atoms with Crippen molar-refractivity contribution in [2.24, 2.45) is 0 Å². The Morgan fingerprint density at radius 3 is 2.47 bits per heavy atom. The molecule has 1 heterocycles. The molecular formula is C11H13N3O2S. The average Bonchev–Trinajstić information content (AvgIpc) is 2.67. The van der Waals surface area contributed by atoms with E-state index in [9.17, 15) is 0 Å². The maximum Gasteiger partial charge on any atom is 0.182 e. The number of benzene rings is 1. The molecule has 5 nitrogen and oxygen atoms in total. The summed E-state index contributed by atoms with van der Waals surface area (Å²) in [4.78, 5) is 4.20. The highest BCUT2D eigenvalue weighted by atomic mass is 32.1. The number of hydrogen-bond acceptors (Lipinski definition) is 6. The Kier molecular flexibility index (Phi) is 3.06. The Morgan fingerprint density at radius 1 is 1.18 bits per heavy atom. The molecular weight excluding hydrogens is 238 g/mol. The molecule has 2 rings (SSSR count). The topological polar surface area (TPSA) is 83.4 Å². The molecule has 0 unspecified atom stereocenters. The van der Waals surface area contributed by atoms with Crippen LogP contribution < -0.4 is 20.9 Å². The van der Waals surface area contributed by atoms with Gasteiger partial charge in [0.15, 0.2) is 5.13 Å². The molecule has 17 heavy (non-hydrogen) atoms. The smallest absolute Gasteiger partial charge is 0.182 e. The van der Waals surface area contributed by atoms with Gasteiger partial charge in [0.1, 0.15) is 22.2 Å². The molecule has 0 amide bonds. The Morgan fingerprint density at radius 2 is 1.94 bits per heavy atom. The Bertz CT molecular complexity index is 540. The van der Waals surface area contributed by atoms with Gasteiger partial charge < -0.3 is 20.9 Å². The summed E-state index contributed by atoms with van der Waals surface area (Å²) >= 11 is 1.24. The molecule has 0 spiro atoms. The van der Waals surface area contributed by atoms with Gasteiger partial charge in [0, 0.05) is 5.56 Å². The number of thiazole rings is 1. The van der Waals surface area contributed by atoms with Crippen LogP contribution in [0.15, 0.2) is 18.2 Å². The summed E-state index contributed by atoms with van der Waals surface area (Å²) in [7, 11) is 3.20. The second kappa shape index (κ2) is 4.50. The van der Waals surface area contributed by atoms with Gasteiger partial charge in [-0.15, -0.1) is 0 Å². The van der Waals surface area contributed by atoms with E-state index in [1.165, 1.54) is 11.3 Å². The number of nitrogens with zero attached hydrogens (tertiary/aromatic N) is 1. The average molecular weight is 251 g/mol. The molecule has 0 aliphatic heterocycles. The van der Waals surface area contributed by atoms with E-state index in [2.05, 4.69) is 4.98 Å². The van der Waals surface area contributed by atoms with Crippen LogP contribution in [0, 0.1) is 0 Å². The van der Waals surface area contributed by atoms with Crippen molar-refractivity contribution in [3.63, 3.8) is 0 Å². The lowest BCUT2D eigenvalue weighted by Gasteiger charge is -2.09. The predicted molar refractivity (Wildman–Crippen MR) is 69.5 cm³/mol. The molecule has 0 saturated heterocycles. The minimum atomic E-state index is 0.433. The van der Waals surface area contributed by atoms with E-state index >= 15 is 0 Å². The number of nitrogens with two attached hydrogens (primary N) is 2. The van der Waals surface area contributed by atoms with Gasteiger partial charge in [0.25, 0.3) is 0 Å². The summed E-state index contributed by atoms with van der Waals surface area (Å²) in [5.41, 5.74) is 12.9. The van der Waals surface area contributed by atoms with Crippen LogP contribution in [0.5, 0.6) is 11.5 Å². The van der Waals surface area contributed by atoms with Crippen LogP contribution >= 0.6 is 11.3 Å². The van der Waals surface area contributed by atoms with E-state index in [4.69, 9.17) is 20.9 Å². The van der Waals surface area contributed by atoms with Crippen LogP contribution in [0.1, 0.15) is 0 Å². The minimum Gasteiger partial charge on any atom is -0.497 e. The molecule has 90 valence electrons. The molecule has 1 aromatic heterocycles. The van der Waals surface area contributed by atoms with Gasteiger partial charge in [-0.25, -0.2) is 4.98 Å². The van der Waals surface area contributed by atoms with Gasteiger partial charge in [-0.3, -0.25) is 0 Å². The van der Waals surface area contributed by atoms with Crippen LogP contribution in [0.25, 0.3) is 11.3 Å². The van der Waals surface area contributed by atoms with Gasteiger partial charge in [-0.05, 0) is 18.2 Å². The van der Waals surface area contributed by atoms with E-state index in [-0.39, 0.29) is 0 Å². The Balaban J connectivity index is 2.59. The highest BCUT2D eigenvalue weighted by Gasteiger charge is 2.14. The van der Waals surface area contributed by atoms with Gasteiger partial charge in [0.2, 0.25) is 0 Å². The maximum absolute atomic E-state index is 5.87. The Hall–Kier alpha value is -1.95. The molecule has 0 aliphatic rings. The molecule has 2 aromatic rings. The van der Waals surface area contributed by atoms with Crippen molar-refractivity contribution in [3.05, 3.63) is 18.2 Å². The summed E-state index contributed by atoms with van der Waals surface area (Å²) in [6.45, 7) is 0. The monoisotopic (exact) mass is 251 g/mol. The SMILES string of the molecule is COc1ccc(OC)c(-c2nc(N)sc2N)c1. The Labute approximate surface area is 103 Å². The van der Waals surface area contributed by atoms with Crippen LogP contribution in [-0.4, -0.2) is 19.2 Å². The van der Waals surface area contributed by atoms with E-state index in [0.717, 1.165) is 5.56 Å². The number of ether oxygens (including phenoxy) is 2. The van der Waals surface area contributed by atoms with E-state index < -0.39 is 0 Å². The van der Waals surface area contributed by atoms with Crippen LogP contribution in [-0.2, 0) is 0 Å². The lowest BCUT2D eigenvalue weighted by Crippen LogP contribution is -1.93. The number of nitrogen functional groups attached to an aromatic ring is 2. The van der Waals surface area contributed by atoms with Gasteiger partial charge >= 0.3 is 0 Å². The molecule has 0 radical (unpaired) electrons. The zero-order valence-corrected chi connectivity index (χ0v) is 10.4. The van der Waals surface area contributed by atoms with E-state index in [1.54, 1.807) is 14.2 Å². The first-order valence-electron chi connectivity index (χ1n) is 4.90. The van der Waals surface area contributed by atoms with Crippen molar-refractivity contribution in [2.45, 2.75) is 0 Å². The number of methoxy groups -OCH3 is 2. The fourth-order valence-corrected chi connectivity index (χ4v) is 2.16. The molecule has 0 aliphatic carbocycles. The van der Waals surface area contributed by atoms with Crippen LogP contribution in [0.2, 0.25) is 0 Å². The van der Waals surface area contributed by atoms with Crippen molar-refractivity contribution < 1.29 is 9.47 Å². The minimum absolute atomic E-state index is 0.433.